The maximum absolute atomic E-state index is 9.14. The third kappa shape index (κ3) is 9.71. The van der Waals surface area contributed by atoms with Crippen molar-refractivity contribution >= 4 is 40.7 Å². The monoisotopic (exact) mass is 444 g/mol. The van der Waals surface area contributed by atoms with E-state index in [1.165, 1.54) is 0 Å². The van der Waals surface area contributed by atoms with Gasteiger partial charge in [-0.1, -0.05) is 12.7 Å². The summed E-state index contributed by atoms with van der Waals surface area (Å²) in [6.07, 6.45) is 1.38. The minimum absolute atomic E-state index is 0. The molecule has 1 rings (SSSR count). The van der Waals surface area contributed by atoms with E-state index in [0.29, 0.717) is 24.7 Å². The van der Waals surface area contributed by atoms with E-state index in [4.69, 9.17) is 14.6 Å². The van der Waals surface area contributed by atoms with E-state index in [1.807, 2.05) is 12.1 Å². The third-order valence-corrected chi connectivity index (χ3v) is 3.47. The highest BCUT2D eigenvalue weighted by Crippen LogP contribution is 2.36. The predicted octanol–water partition coefficient (Wildman–Crippen LogP) is 2.93. The Hall–Kier alpha value is -0.500. The molecule has 8 heteroatoms. The van der Waals surface area contributed by atoms with Crippen LogP contribution in [0.5, 0.6) is 11.5 Å². The molecule has 0 fully saturated rings. The van der Waals surface area contributed by atoms with Crippen molar-refractivity contribution in [1.29, 1.82) is 0 Å². The zero-order valence-electron chi connectivity index (χ0n) is 14.0. The first kappa shape index (κ1) is 25.7. The molecule has 0 saturated heterocycles. The summed E-state index contributed by atoms with van der Waals surface area (Å²) in [6.45, 7) is 8.80. The highest BCUT2D eigenvalue weighted by atomic mass is 79.9. The van der Waals surface area contributed by atoms with E-state index in [-0.39, 0.29) is 30.9 Å². The second kappa shape index (κ2) is 14.8. The summed E-state index contributed by atoms with van der Waals surface area (Å²) in [5, 5.41) is 15.6. The maximum Gasteiger partial charge on any atom is 0.175 e. The smallest absolute Gasteiger partial charge is 0.175 e. The second-order valence-electron chi connectivity index (χ2n) is 4.94. The summed E-state index contributed by atoms with van der Waals surface area (Å²) in [5.41, 5.74) is 1.10. The number of aliphatic hydroxyl groups excluding tert-OH is 1. The number of rotatable bonds is 11. The molecule has 0 bridgehead atoms. The van der Waals surface area contributed by atoms with Gasteiger partial charge in [-0.3, -0.25) is 0 Å². The summed E-state index contributed by atoms with van der Waals surface area (Å²) in [7, 11) is 1.62. The lowest BCUT2D eigenvalue weighted by Crippen LogP contribution is -2.31. The van der Waals surface area contributed by atoms with Gasteiger partial charge in [0.05, 0.1) is 17.7 Å². The molecular formula is C16H27BrCl2N2O3. The number of ether oxygens (including phenoxy) is 2. The first-order valence-electron chi connectivity index (χ1n) is 7.28. The van der Waals surface area contributed by atoms with Crippen LogP contribution < -0.4 is 20.1 Å². The molecule has 3 N–H and O–H groups in total. The van der Waals surface area contributed by atoms with E-state index in [0.717, 1.165) is 29.7 Å². The van der Waals surface area contributed by atoms with Gasteiger partial charge in [0.2, 0.25) is 0 Å². The van der Waals surface area contributed by atoms with Crippen molar-refractivity contribution in [2.24, 2.45) is 0 Å². The number of hydrogen-bond acceptors (Lipinski definition) is 5. The summed E-state index contributed by atoms with van der Waals surface area (Å²) in [4.78, 5) is 0. The van der Waals surface area contributed by atoms with Gasteiger partial charge in [-0.2, -0.15) is 0 Å². The van der Waals surface area contributed by atoms with Crippen molar-refractivity contribution < 1.29 is 14.6 Å². The lowest BCUT2D eigenvalue weighted by atomic mass is 10.2. The molecule has 0 aliphatic carbocycles. The molecule has 0 aromatic heterocycles. The van der Waals surface area contributed by atoms with Crippen molar-refractivity contribution in [2.75, 3.05) is 33.4 Å². The molecule has 1 aromatic rings. The third-order valence-electron chi connectivity index (χ3n) is 2.88. The van der Waals surface area contributed by atoms with Crippen LogP contribution in [0, 0.1) is 0 Å². The fraction of sp³-hybridized carbons (Fsp3) is 0.500. The molecule has 0 aliphatic rings. The number of aliphatic hydroxyl groups is 1. The van der Waals surface area contributed by atoms with Crippen molar-refractivity contribution in [3.63, 3.8) is 0 Å². The van der Waals surface area contributed by atoms with Crippen LogP contribution in [0.25, 0.3) is 0 Å². The first-order valence-corrected chi connectivity index (χ1v) is 8.07. The van der Waals surface area contributed by atoms with Gasteiger partial charge in [-0.05, 0) is 40.5 Å². The second-order valence-corrected chi connectivity index (χ2v) is 5.79. The Kier molecular flexibility index (Phi) is 15.9. The average Bonchev–Trinajstić information content (AvgIpc) is 2.48. The standard InChI is InChI=1S/C16H25BrN2O3.2ClH/c1-4-7-22-16-14(17)8-13(9-15(16)21-3)11-19-6-5-18-10-12(2)20;;/h4,8-9,12,18-20H,1,5-7,10-11H2,2-3H3;2*1H. The van der Waals surface area contributed by atoms with Gasteiger partial charge in [0.15, 0.2) is 11.5 Å². The van der Waals surface area contributed by atoms with Crippen molar-refractivity contribution in [3.05, 3.63) is 34.8 Å². The zero-order valence-corrected chi connectivity index (χ0v) is 17.2. The summed E-state index contributed by atoms with van der Waals surface area (Å²) in [5.74, 6) is 1.38. The average molecular weight is 446 g/mol. The highest BCUT2D eigenvalue weighted by molar-refractivity contribution is 9.10. The van der Waals surface area contributed by atoms with Crippen LogP contribution in [0.4, 0.5) is 0 Å². The van der Waals surface area contributed by atoms with Crippen LogP contribution in [0.2, 0.25) is 0 Å². The van der Waals surface area contributed by atoms with Crippen LogP contribution >= 0.6 is 40.7 Å². The van der Waals surface area contributed by atoms with Gasteiger partial charge in [0.25, 0.3) is 0 Å². The lowest BCUT2D eigenvalue weighted by molar-refractivity contribution is 0.191. The topological polar surface area (TPSA) is 62.8 Å². The largest absolute Gasteiger partial charge is 0.493 e. The normalized spacial score (nSPS) is 11.0. The van der Waals surface area contributed by atoms with Crippen molar-refractivity contribution in [2.45, 2.75) is 19.6 Å². The number of hydrogen-bond donors (Lipinski definition) is 3. The number of halogens is 3. The molecule has 1 atom stereocenters. The predicted molar refractivity (Wildman–Crippen MR) is 107 cm³/mol. The molecule has 0 amide bonds. The van der Waals surface area contributed by atoms with Crippen LogP contribution in [-0.2, 0) is 6.54 Å². The maximum atomic E-state index is 9.14. The Balaban J connectivity index is 0. The SMILES string of the molecule is C=CCOc1c(Br)cc(CNCCNCC(C)O)cc1OC.Cl.Cl. The molecule has 0 saturated carbocycles. The van der Waals surface area contributed by atoms with Crippen molar-refractivity contribution in [3.8, 4) is 11.5 Å². The number of benzene rings is 1. The molecule has 0 aliphatic heterocycles. The van der Waals surface area contributed by atoms with E-state index in [9.17, 15) is 0 Å². The van der Waals surface area contributed by atoms with E-state index < -0.39 is 0 Å². The minimum atomic E-state index is -0.316. The molecule has 1 aromatic carbocycles. The molecular weight excluding hydrogens is 419 g/mol. The Labute approximate surface area is 165 Å². The summed E-state index contributed by atoms with van der Waals surface area (Å²) >= 11 is 3.51. The molecule has 0 spiro atoms. The van der Waals surface area contributed by atoms with Gasteiger partial charge >= 0.3 is 0 Å². The first-order chi connectivity index (χ1) is 10.6. The van der Waals surface area contributed by atoms with E-state index >= 15 is 0 Å². The van der Waals surface area contributed by atoms with Gasteiger partial charge in [-0.25, -0.2) is 0 Å². The summed E-state index contributed by atoms with van der Waals surface area (Å²) in [6, 6.07) is 3.97. The van der Waals surface area contributed by atoms with Crippen molar-refractivity contribution in [1.82, 2.24) is 10.6 Å². The summed E-state index contributed by atoms with van der Waals surface area (Å²) < 4.78 is 11.8. The van der Waals surface area contributed by atoms with Gasteiger partial charge in [0, 0.05) is 26.2 Å². The number of nitrogens with one attached hydrogen (secondary N) is 2. The molecule has 0 heterocycles. The Morgan fingerprint density at radius 1 is 1.29 bits per heavy atom. The van der Waals surface area contributed by atoms with Crippen LogP contribution in [-0.4, -0.2) is 44.6 Å². The van der Waals surface area contributed by atoms with Gasteiger partial charge in [-0.15, -0.1) is 24.8 Å². The Bertz CT molecular complexity index is 477. The molecule has 0 radical (unpaired) electrons. The Morgan fingerprint density at radius 2 is 1.96 bits per heavy atom. The minimum Gasteiger partial charge on any atom is -0.493 e. The lowest BCUT2D eigenvalue weighted by Gasteiger charge is -2.14. The van der Waals surface area contributed by atoms with E-state index in [1.54, 1.807) is 20.1 Å². The molecule has 1 unspecified atom stereocenters. The zero-order chi connectivity index (χ0) is 16.4. The number of methoxy groups -OCH3 is 1. The Morgan fingerprint density at radius 3 is 2.54 bits per heavy atom. The molecule has 24 heavy (non-hydrogen) atoms. The van der Waals surface area contributed by atoms with Gasteiger partial charge < -0.3 is 25.2 Å². The highest BCUT2D eigenvalue weighted by Gasteiger charge is 2.11. The molecule has 5 nitrogen and oxygen atoms in total. The van der Waals surface area contributed by atoms with Crippen LogP contribution in [0.15, 0.2) is 29.3 Å². The van der Waals surface area contributed by atoms with Crippen LogP contribution in [0.3, 0.4) is 0 Å². The molecule has 140 valence electrons. The fourth-order valence-electron chi connectivity index (χ4n) is 1.88. The van der Waals surface area contributed by atoms with Crippen LogP contribution in [0.1, 0.15) is 12.5 Å². The van der Waals surface area contributed by atoms with E-state index in [2.05, 4.69) is 33.1 Å². The fourth-order valence-corrected chi connectivity index (χ4v) is 2.48. The van der Waals surface area contributed by atoms with Gasteiger partial charge in [0.1, 0.15) is 6.61 Å². The quantitative estimate of drug-likeness (QED) is 0.361.